The Balaban J connectivity index is 1.96. The predicted octanol–water partition coefficient (Wildman–Crippen LogP) is 5.15. The number of rotatable bonds is 5. The number of ether oxygens (including phenoxy) is 1. The average molecular weight is 365 g/mol. The Labute approximate surface area is 155 Å². The highest BCUT2D eigenvalue weighted by Crippen LogP contribution is 2.23. The molecule has 0 atom stereocenters. The highest BCUT2D eigenvalue weighted by molar-refractivity contribution is 6.29. The molecule has 3 rings (SSSR count). The molecule has 0 saturated carbocycles. The topological polar surface area (TPSA) is 38.3 Å². The van der Waals surface area contributed by atoms with Crippen LogP contribution in [0.3, 0.4) is 0 Å². The van der Waals surface area contributed by atoms with Crippen LogP contribution in [0.25, 0.3) is 11.6 Å². The Morgan fingerprint density at radius 2 is 1.67 bits per heavy atom. The summed E-state index contributed by atoms with van der Waals surface area (Å²) in [4.78, 5) is 12.8. The summed E-state index contributed by atoms with van der Waals surface area (Å²) >= 11 is 0. The van der Waals surface area contributed by atoms with Gasteiger partial charge in [0.05, 0.1) is 12.8 Å². The molecule has 3 aromatic rings. The Morgan fingerprint density at radius 1 is 0.963 bits per heavy atom. The van der Waals surface area contributed by atoms with Crippen LogP contribution in [0.1, 0.15) is 11.1 Å². The van der Waals surface area contributed by atoms with E-state index in [9.17, 15) is 13.6 Å². The van der Waals surface area contributed by atoms with E-state index in [1.54, 1.807) is 37.5 Å². The van der Waals surface area contributed by atoms with Crippen LogP contribution >= 0.6 is 0 Å². The minimum atomic E-state index is -0.833. The molecule has 0 unspecified atom stereocenters. The van der Waals surface area contributed by atoms with E-state index in [1.165, 1.54) is 6.07 Å². The standard InChI is InChI=1S/C22H17F2NO2/c1-27-18-10-7-15(8-11-18)13-19(16-5-3-2-4-6-16)22(26)25-21-12-9-17(23)14-20(21)24/h2-14H,1H3,(H,25,26)/b19-13-. The molecule has 0 bridgehead atoms. The first kappa shape index (κ1) is 18.3. The van der Waals surface area contributed by atoms with Gasteiger partial charge in [0.15, 0.2) is 0 Å². The molecule has 0 radical (unpaired) electrons. The number of carbonyl (C=O) groups excluding carboxylic acids is 1. The second-order valence-electron chi connectivity index (χ2n) is 5.78. The first-order valence-corrected chi connectivity index (χ1v) is 8.24. The monoisotopic (exact) mass is 365 g/mol. The SMILES string of the molecule is COc1ccc(/C=C(\C(=O)Nc2ccc(F)cc2F)c2ccccc2)cc1. The number of hydrogen-bond donors (Lipinski definition) is 1. The van der Waals surface area contributed by atoms with Crippen molar-refractivity contribution in [2.24, 2.45) is 0 Å². The van der Waals surface area contributed by atoms with Crippen LogP contribution in [0.5, 0.6) is 5.75 Å². The molecule has 0 aromatic heterocycles. The van der Waals surface area contributed by atoms with Gasteiger partial charge in [0.25, 0.3) is 5.91 Å². The lowest BCUT2D eigenvalue weighted by Crippen LogP contribution is -2.14. The van der Waals surface area contributed by atoms with Crippen LogP contribution in [0.15, 0.2) is 72.8 Å². The first-order chi connectivity index (χ1) is 13.1. The van der Waals surface area contributed by atoms with Crippen molar-refractivity contribution in [3.8, 4) is 5.75 Å². The molecule has 1 amide bonds. The highest BCUT2D eigenvalue weighted by atomic mass is 19.1. The summed E-state index contributed by atoms with van der Waals surface area (Å²) in [6.07, 6.45) is 1.70. The number of nitrogens with one attached hydrogen (secondary N) is 1. The zero-order valence-corrected chi connectivity index (χ0v) is 14.6. The van der Waals surface area contributed by atoms with E-state index in [-0.39, 0.29) is 5.69 Å². The first-order valence-electron chi connectivity index (χ1n) is 8.24. The van der Waals surface area contributed by atoms with Crippen molar-refractivity contribution in [2.75, 3.05) is 12.4 Å². The number of carbonyl (C=O) groups is 1. The molecule has 0 fully saturated rings. The summed E-state index contributed by atoms with van der Waals surface area (Å²) < 4.78 is 32.1. The number of methoxy groups -OCH3 is 1. The summed E-state index contributed by atoms with van der Waals surface area (Å²) in [7, 11) is 1.57. The fourth-order valence-corrected chi connectivity index (χ4v) is 2.54. The fraction of sp³-hybridized carbons (Fsp3) is 0.0455. The zero-order chi connectivity index (χ0) is 19.2. The zero-order valence-electron chi connectivity index (χ0n) is 14.6. The minimum Gasteiger partial charge on any atom is -0.497 e. The lowest BCUT2D eigenvalue weighted by Gasteiger charge is -2.11. The molecule has 5 heteroatoms. The van der Waals surface area contributed by atoms with E-state index >= 15 is 0 Å². The van der Waals surface area contributed by atoms with Crippen LogP contribution < -0.4 is 10.1 Å². The Bertz CT molecular complexity index is 967. The van der Waals surface area contributed by atoms with Crippen LogP contribution in [-0.4, -0.2) is 13.0 Å². The molecule has 0 aliphatic heterocycles. The van der Waals surface area contributed by atoms with Gasteiger partial charge in [0.1, 0.15) is 17.4 Å². The molecule has 0 aliphatic carbocycles. The minimum absolute atomic E-state index is 0.0852. The van der Waals surface area contributed by atoms with Gasteiger partial charge in [-0.15, -0.1) is 0 Å². The maximum Gasteiger partial charge on any atom is 0.256 e. The third-order valence-electron chi connectivity index (χ3n) is 3.94. The lowest BCUT2D eigenvalue weighted by molar-refractivity contribution is -0.111. The van der Waals surface area contributed by atoms with E-state index < -0.39 is 17.5 Å². The Morgan fingerprint density at radius 3 is 2.30 bits per heavy atom. The number of benzene rings is 3. The molecule has 27 heavy (non-hydrogen) atoms. The van der Waals surface area contributed by atoms with Crippen molar-refractivity contribution >= 4 is 23.2 Å². The van der Waals surface area contributed by atoms with Crippen molar-refractivity contribution in [3.63, 3.8) is 0 Å². The number of amides is 1. The van der Waals surface area contributed by atoms with Gasteiger partial charge in [-0.3, -0.25) is 4.79 Å². The smallest absolute Gasteiger partial charge is 0.256 e. The van der Waals surface area contributed by atoms with E-state index in [0.29, 0.717) is 16.9 Å². The van der Waals surface area contributed by atoms with Gasteiger partial charge >= 0.3 is 0 Å². The summed E-state index contributed by atoms with van der Waals surface area (Å²) in [5.74, 6) is -1.34. The van der Waals surface area contributed by atoms with Crippen LogP contribution in [0.2, 0.25) is 0 Å². The van der Waals surface area contributed by atoms with E-state index in [2.05, 4.69) is 5.32 Å². The molecule has 3 aromatic carbocycles. The van der Waals surface area contributed by atoms with Crippen LogP contribution in [0, 0.1) is 11.6 Å². The Kier molecular flexibility index (Phi) is 5.61. The van der Waals surface area contributed by atoms with Crippen molar-refractivity contribution in [1.29, 1.82) is 0 Å². The van der Waals surface area contributed by atoms with Crippen molar-refractivity contribution in [3.05, 3.63) is 95.6 Å². The summed E-state index contributed by atoms with van der Waals surface area (Å²) in [5.41, 5.74) is 1.72. The Hall–Kier alpha value is -3.47. The molecule has 3 nitrogen and oxygen atoms in total. The molecule has 0 heterocycles. The molecule has 1 N–H and O–H groups in total. The van der Waals surface area contributed by atoms with Crippen molar-refractivity contribution < 1.29 is 18.3 Å². The van der Waals surface area contributed by atoms with Crippen molar-refractivity contribution in [1.82, 2.24) is 0 Å². The number of halogens is 2. The van der Waals surface area contributed by atoms with Gasteiger partial charge in [0.2, 0.25) is 0 Å². The summed E-state index contributed by atoms with van der Waals surface area (Å²) in [6.45, 7) is 0. The number of hydrogen-bond acceptors (Lipinski definition) is 2. The van der Waals surface area contributed by atoms with Gasteiger partial charge in [0, 0.05) is 11.6 Å². The molecular formula is C22H17F2NO2. The van der Waals surface area contributed by atoms with E-state index in [0.717, 1.165) is 17.7 Å². The largest absolute Gasteiger partial charge is 0.497 e. The maximum absolute atomic E-state index is 13.9. The van der Waals surface area contributed by atoms with Gasteiger partial charge in [-0.2, -0.15) is 0 Å². The average Bonchev–Trinajstić information content (AvgIpc) is 2.69. The molecular weight excluding hydrogens is 348 g/mol. The third-order valence-corrected chi connectivity index (χ3v) is 3.94. The van der Waals surface area contributed by atoms with Crippen LogP contribution in [0.4, 0.5) is 14.5 Å². The molecule has 0 aliphatic rings. The lowest BCUT2D eigenvalue weighted by atomic mass is 10.0. The van der Waals surface area contributed by atoms with E-state index in [1.807, 2.05) is 30.3 Å². The third kappa shape index (κ3) is 4.58. The quantitative estimate of drug-likeness (QED) is 0.501. The van der Waals surface area contributed by atoms with Gasteiger partial charge < -0.3 is 10.1 Å². The maximum atomic E-state index is 13.9. The number of anilines is 1. The second-order valence-corrected chi connectivity index (χ2v) is 5.78. The van der Waals surface area contributed by atoms with E-state index in [4.69, 9.17) is 4.74 Å². The fourth-order valence-electron chi connectivity index (χ4n) is 2.54. The predicted molar refractivity (Wildman–Crippen MR) is 102 cm³/mol. The molecule has 0 saturated heterocycles. The molecule has 136 valence electrons. The summed E-state index contributed by atoms with van der Waals surface area (Å²) in [5, 5.41) is 2.51. The second kappa shape index (κ2) is 8.27. The van der Waals surface area contributed by atoms with Crippen molar-refractivity contribution in [2.45, 2.75) is 0 Å². The van der Waals surface area contributed by atoms with Gasteiger partial charge in [-0.05, 0) is 41.5 Å². The van der Waals surface area contributed by atoms with Crippen LogP contribution in [-0.2, 0) is 4.79 Å². The highest BCUT2D eigenvalue weighted by Gasteiger charge is 2.15. The van der Waals surface area contributed by atoms with Gasteiger partial charge in [-0.25, -0.2) is 8.78 Å². The summed E-state index contributed by atoms with van der Waals surface area (Å²) in [6, 6.07) is 19.2. The molecule has 0 spiro atoms. The normalized spacial score (nSPS) is 11.1. The van der Waals surface area contributed by atoms with Gasteiger partial charge in [-0.1, -0.05) is 42.5 Å².